The first-order valence-corrected chi connectivity index (χ1v) is 16.4. The quantitative estimate of drug-likeness (QED) is 0.154. The van der Waals surface area contributed by atoms with E-state index >= 15 is 0 Å². The van der Waals surface area contributed by atoms with E-state index in [9.17, 15) is 17.7 Å². The Morgan fingerprint density at radius 1 is 0.977 bits per heavy atom. The van der Waals surface area contributed by atoms with Gasteiger partial charge in [0.15, 0.2) is 5.90 Å². The van der Waals surface area contributed by atoms with Crippen molar-refractivity contribution in [3.05, 3.63) is 63.6 Å². The molecule has 1 atom stereocenters. The summed E-state index contributed by atoms with van der Waals surface area (Å²) in [6.07, 6.45) is -2.83. The second-order valence-electron chi connectivity index (χ2n) is 12.7. The zero-order chi connectivity index (χ0) is 32.1. The van der Waals surface area contributed by atoms with Crippen LogP contribution in [0.3, 0.4) is 0 Å². The lowest BCUT2D eigenvalue weighted by atomic mass is 9.93. The maximum atomic E-state index is 14.0. The smallest absolute Gasteiger partial charge is 0.475 e. The van der Waals surface area contributed by atoms with Crippen LogP contribution in [-0.2, 0) is 41.9 Å². The van der Waals surface area contributed by atoms with E-state index in [2.05, 4.69) is 20.9 Å². The fraction of sp³-hybridized carbons (Fsp3) is 0.581. The molecule has 3 rings (SSSR count). The minimum atomic E-state index is -4.59. The van der Waals surface area contributed by atoms with E-state index in [0.29, 0.717) is 24.3 Å². The number of hydrogen-bond donors (Lipinski definition) is 0. The fourth-order valence-corrected chi connectivity index (χ4v) is 6.79. The molecule has 7 nitrogen and oxygen atoms in total. The Labute approximate surface area is 261 Å². The molecule has 1 aliphatic heterocycles. The predicted molar refractivity (Wildman–Crippen MR) is 165 cm³/mol. The van der Waals surface area contributed by atoms with E-state index in [0.717, 1.165) is 16.1 Å². The van der Waals surface area contributed by atoms with E-state index in [-0.39, 0.29) is 38.4 Å². The van der Waals surface area contributed by atoms with Gasteiger partial charge in [-0.3, -0.25) is 13.6 Å². The number of ether oxygens (including phenoxy) is 2. The maximum Gasteiger partial charge on any atom is 0.475 e. The van der Waals surface area contributed by atoms with Crippen molar-refractivity contribution < 1.29 is 40.8 Å². The van der Waals surface area contributed by atoms with E-state index in [1.165, 1.54) is 6.07 Å². The number of aryl methyl sites for hydroxylation is 2. The number of rotatable bonds is 13. The normalized spacial score (nSPS) is 18.0. The topological polar surface area (TPSA) is 75.6 Å². The van der Waals surface area contributed by atoms with Crippen LogP contribution >= 0.6 is 23.8 Å². The average molecular weight is 693 g/mol. The van der Waals surface area contributed by atoms with Gasteiger partial charge in [-0.1, -0.05) is 34.1 Å². The fourth-order valence-electron chi connectivity index (χ4n) is 4.46. The van der Waals surface area contributed by atoms with Crippen molar-refractivity contribution in [2.24, 2.45) is 4.99 Å². The molecule has 240 valence electrons. The van der Waals surface area contributed by atoms with Crippen molar-refractivity contribution >= 4 is 29.7 Å². The zero-order valence-corrected chi connectivity index (χ0v) is 28.3. The Balaban J connectivity index is 1.71. The van der Waals surface area contributed by atoms with Gasteiger partial charge >= 0.3 is 14.0 Å². The highest BCUT2D eigenvalue weighted by Crippen LogP contribution is 2.56. The summed E-state index contributed by atoms with van der Waals surface area (Å²) in [6, 6.07) is 11.9. The summed E-state index contributed by atoms with van der Waals surface area (Å²) in [7, 11) is -4.04. The number of halogens is 4. The van der Waals surface area contributed by atoms with Crippen LogP contribution in [0.5, 0.6) is 5.75 Å². The van der Waals surface area contributed by atoms with Gasteiger partial charge in [-0.15, -0.1) is 0 Å². The Hall–Kier alpha value is -1.91. The Bertz CT molecular complexity index is 1300. The lowest BCUT2D eigenvalue weighted by Crippen LogP contribution is -2.36. The first-order chi connectivity index (χ1) is 19.8. The number of aliphatic imine (C=N–C) groups is 1. The second-order valence-corrected chi connectivity index (χ2v) is 15.1. The van der Waals surface area contributed by atoms with Gasteiger partial charge in [-0.25, -0.2) is 9.56 Å². The monoisotopic (exact) mass is 691 g/mol. The first-order valence-electron chi connectivity index (χ1n) is 14.2. The Morgan fingerprint density at radius 2 is 1.63 bits per heavy atom. The van der Waals surface area contributed by atoms with Gasteiger partial charge in [0.1, 0.15) is 17.9 Å². The number of phosphoric ester groups is 1. The van der Waals surface area contributed by atoms with E-state index < -0.39 is 36.3 Å². The highest BCUT2D eigenvalue weighted by atomic mass is 79.9. The molecule has 0 radical (unpaired) electrons. The summed E-state index contributed by atoms with van der Waals surface area (Å²) in [5, 5.41) is 0. The highest BCUT2D eigenvalue weighted by molar-refractivity contribution is 9.10. The molecule has 2 aromatic rings. The highest BCUT2D eigenvalue weighted by Gasteiger charge is 2.43. The first kappa shape index (κ1) is 35.6. The van der Waals surface area contributed by atoms with Crippen molar-refractivity contribution in [1.82, 2.24) is 0 Å². The maximum absolute atomic E-state index is 14.0. The van der Waals surface area contributed by atoms with Crippen LogP contribution in [-0.4, -0.2) is 42.5 Å². The number of benzene rings is 2. The van der Waals surface area contributed by atoms with Crippen molar-refractivity contribution in [3.8, 4) is 5.75 Å². The Morgan fingerprint density at radius 3 is 2.19 bits per heavy atom. The molecule has 12 heteroatoms. The van der Waals surface area contributed by atoms with Crippen molar-refractivity contribution in [3.63, 3.8) is 0 Å². The van der Waals surface area contributed by atoms with Crippen LogP contribution < -0.4 is 4.74 Å². The van der Waals surface area contributed by atoms with Gasteiger partial charge < -0.3 is 9.47 Å². The number of nitrogens with zero attached hydrogens (tertiary/aromatic N) is 1. The van der Waals surface area contributed by atoms with E-state index in [1.807, 2.05) is 24.3 Å². The van der Waals surface area contributed by atoms with Crippen LogP contribution in [0.2, 0.25) is 0 Å². The van der Waals surface area contributed by atoms with E-state index in [1.54, 1.807) is 54.5 Å². The van der Waals surface area contributed by atoms with Gasteiger partial charge in [0, 0.05) is 11.4 Å². The van der Waals surface area contributed by atoms with E-state index in [4.69, 9.17) is 23.0 Å². The molecule has 0 saturated heterocycles. The summed E-state index contributed by atoms with van der Waals surface area (Å²) >= 11 is 3.42. The van der Waals surface area contributed by atoms with Crippen LogP contribution in [0.1, 0.15) is 78.0 Å². The second kappa shape index (κ2) is 14.0. The lowest BCUT2D eigenvalue weighted by molar-refractivity contribution is -0.139. The SMILES string of the molecule is CC1=NC(CCc2ccc(OCCCc3cccc(Br)c3)c(C(F)(F)F)c2)(COP(=O)(OC(C)(C)C)OC(C)(C)C)CO1. The molecule has 1 aliphatic rings. The summed E-state index contributed by atoms with van der Waals surface area (Å²) in [5.41, 5.74) is -1.94. The third-order valence-corrected chi connectivity index (χ3v) is 8.67. The minimum absolute atomic E-state index is 0.120. The van der Waals surface area contributed by atoms with Gasteiger partial charge in [0.05, 0.1) is 30.0 Å². The number of alkyl halides is 3. The summed E-state index contributed by atoms with van der Waals surface area (Å²) in [4.78, 5) is 4.59. The summed E-state index contributed by atoms with van der Waals surface area (Å²) < 4.78 is 85.1. The van der Waals surface area contributed by atoms with Crippen molar-refractivity contribution in [1.29, 1.82) is 0 Å². The zero-order valence-electron chi connectivity index (χ0n) is 25.8. The third-order valence-electron chi connectivity index (χ3n) is 6.19. The number of phosphoric acid groups is 1. The van der Waals surface area contributed by atoms with Crippen LogP contribution in [0.25, 0.3) is 0 Å². The molecule has 0 N–H and O–H groups in total. The minimum Gasteiger partial charge on any atom is -0.493 e. The molecule has 1 unspecified atom stereocenters. The van der Waals surface area contributed by atoms with Crippen molar-refractivity contribution in [2.75, 3.05) is 19.8 Å². The van der Waals surface area contributed by atoms with Gasteiger partial charge in [-0.05, 0) is 103 Å². The van der Waals surface area contributed by atoms with Gasteiger partial charge in [0.2, 0.25) is 0 Å². The van der Waals surface area contributed by atoms with Gasteiger partial charge in [-0.2, -0.15) is 13.2 Å². The standard InChI is InChI=1S/C31H42BrF3NO6P/c1-22-36-30(20-39-22,21-40-43(37,41-28(2,3)4)42-29(5,6)7)16-15-24-13-14-27(26(19-24)31(33,34)35)38-17-9-11-23-10-8-12-25(32)18-23/h8,10,12-14,18-19H,9,11,15-17,20-21H2,1-7H3. The molecule has 43 heavy (non-hydrogen) atoms. The van der Waals surface area contributed by atoms with Crippen molar-refractivity contribution in [2.45, 2.75) is 97.1 Å². The molecular weight excluding hydrogens is 650 g/mol. The molecule has 0 bridgehead atoms. The molecule has 0 amide bonds. The van der Waals surface area contributed by atoms with Crippen LogP contribution in [0, 0.1) is 0 Å². The Kier molecular flexibility index (Phi) is 11.6. The molecule has 0 aliphatic carbocycles. The third kappa shape index (κ3) is 11.8. The molecule has 0 fully saturated rings. The van der Waals surface area contributed by atoms with Crippen LogP contribution in [0.4, 0.5) is 13.2 Å². The molecule has 0 aromatic heterocycles. The summed E-state index contributed by atoms with van der Waals surface area (Å²) in [5.74, 6) is 0.204. The predicted octanol–water partition coefficient (Wildman–Crippen LogP) is 9.35. The average Bonchev–Trinajstić information content (AvgIpc) is 3.23. The number of hydrogen-bond acceptors (Lipinski definition) is 7. The summed E-state index contributed by atoms with van der Waals surface area (Å²) in [6.45, 7) is 12.2. The molecule has 0 spiro atoms. The molecule has 2 aromatic carbocycles. The molecule has 0 saturated carbocycles. The molecular formula is C31H42BrF3NO6P. The lowest BCUT2D eigenvalue weighted by Gasteiger charge is -2.33. The van der Waals surface area contributed by atoms with Gasteiger partial charge in [0.25, 0.3) is 0 Å². The molecule has 1 heterocycles. The van der Waals surface area contributed by atoms with Crippen LogP contribution in [0.15, 0.2) is 51.9 Å². The largest absolute Gasteiger partial charge is 0.493 e.